The van der Waals surface area contributed by atoms with E-state index in [0.29, 0.717) is 28.8 Å². The van der Waals surface area contributed by atoms with Crippen LogP contribution in [0.1, 0.15) is 145 Å². The van der Waals surface area contributed by atoms with Gasteiger partial charge < -0.3 is 72.9 Å². The van der Waals surface area contributed by atoms with E-state index in [1.54, 1.807) is 98.8 Å². The highest BCUT2D eigenvalue weighted by atomic mass is 32.2. The van der Waals surface area contributed by atoms with E-state index in [0.717, 1.165) is 33.8 Å². The van der Waals surface area contributed by atoms with Gasteiger partial charge in [0.25, 0.3) is 0 Å². The van der Waals surface area contributed by atoms with E-state index in [4.69, 9.17) is 0 Å². The van der Waals surface area contributed by atoms with Gasteiger partial charge in [0.15, 0.2) is 5.78 Å². The lowest BCUT2D eigenvalue weighted by atomic mass is 9.86. The molecular formula is C86H117N15O13S. The molecular weight excluding hydrogens is 1480 g/mol. The van der Waals surface area contributed by atoms with Crippen LogP contribution < -0.4 is 53.2 Å². The summed E-state index contributed by atoms with van der Waals surface area (Å²) in [5.41, 5.74) is 3.88. The van der Waals surface area contributed by atoms with Crippen LogP contribution in [0.15, 0.2) is 128 Å². The second-order valence-electron chi connectivity index (χ2n) is 33.2. The zero-order valence-electron chi connectivity index (χ0n) is 68.8. The first-order valence-electron chi connectivity index (χ1n) is 39.9. The molecule has 29 heteroatoms. The highest BCUT2D eigenvalue weighted by Gasteiger charge is 2.44. The second kappa shape index (κ2) is 41.5. The Balaban J connectivity index is 1.17. The molecule has 2 aliphatic heterocycles. The number of Topliss-reactive ketones (excluding diaryl/α,β-unsaturated/α-hetero) is 1. The average Bonchev–Trinajstić information content (AvgIpc) is 1.72. The van der Waals surface area contributed by atoms with Crippen molar-refractivity contribution in [3.05, 3.63) is 150 Å². The topological polar surface area (TPSA) is 393 Å². The molecule has 2 saturated heterocycles. The molecule has 2 aliphatic rings. The van der Waals surface area contributed by atoms with Gasteiger partial charge in [-0.05, 0) is 96.1 Å². The van der Waals surface area contributed by atoms with Crippen molar-refractivity contribution in [3.8, 4) is 11.1 Å². The van der Waals surface area contributed by atoms with Crippen LogP contribution in [0.5, 0.6) is 0 Å². The number of fused-ring (bicyclic) bond motifs is 2. The molecule has 0 spiro atoms. The molecule has 12 atom stereocenters. The summed E-state index contributed by atoms with van der Waals surface area (Å²) in [4.78, 5) is 207. The number of H-pyrrole nitrogens is 2. The third-order valence-corrected chi connectivity index (χ3v) is 21.8. The number of ketones is 1. The summed E-state index contributed by atoms with van der Waals surface area (Å²) >= 11 is 1.000. The minimum absolute atomic E-state index is 0.0674. The number of nitrogens with one attached hydrogen (secondary N) is 12. The van der Waals surface area contributed by atoms with Crippen LogP contribution in [-0.4, -0.2) is 199 Å². The van der Waals surface area contributed by atoms with Crippen molar-refractivity contribution in [1.29, 1.82) is 0 Å². The lowest BCUT2D eigenvalue weighted by Gasteiger charge is -2.34. The molecule has 2 aromatic heterocycles. The number of imidazole rings is 1. The molecule has 0 bridgehead atoms. The van der Waals surface area contributed by atoms with Gasteiger partial charge in [0, 0.05) is 79.4 Å². The second-order valence-corrected chi connectivity index (χ2v) is 34.2. The van der Waals surface area contributed by atoms with E-state index >= 15 is 38.4 Å². The number of thioether (sulfide) groups is 1. The van der Waals surface area contributed by atoms with Crippen LogP contribution >= 0.6 is 11.8 Å². The molecule has 620 valence electrons. The Morgan fingerprint density at radius 2 is 1.00 bits per heavy atom. The molecule has 0 radical (unpaired) electrons. The van der Waals surface area contributed by atoms with Gasteiger partial charge in [0.2, 0.25) is 70.9 Å². The molecule has 6 aromatic rings. The average molecular weight is 1600 g/mol. The van der Waals surface area contributed by atoms with E-state index in [-0.39, 0.29) is 74.8 Å². The summed E-state index contributed by atoms with van der Waals surface area (Å²) in [6.45, 7) is 24.2. The highest BCUT2D eigenvalue weighted by Crippen LogP contribution is 2.27. The Hall–Kier alpha value is -10.7. The summed E-state index contributed by atoms with van der Waals surface area (Å²) in [5.74, 6) is -11.8. The molecule has 4 aromatic carbocycles. The largest absolute Gasteiger partial charge is 0.361 e. The van der Waals surface area contributed by atoms with Crippen LogP contribution in [0, 0.1) is 35.0 Å². The predicted octanol–water partition coefficient (Wildman–Crippen LogP) is 5.94. The minimum Gasteiger partial charge on any atom is -0.361 e. The zero-order chi connectivity index (χ0) is 84.1. The number of amides is 12. The SMILES string of the molecule is CC(C)C[C@@H]1NC(=O)[C@H](C)NC(=O)CSC[C@@H](C(=O)C(C)(C)C)NC(=O)[C@H](C(C)C)NC(=O)[C@H](Cc2c[nH]c3ccccc23)NC(=O)[C@H](C(C)C)NC(=O)[C@H](Cc2ccc(-c3ccccc3)cc2)NC(=O)[C@@H]2CCCN2C(=O)[C@H](CC(C)C)NC(=O)[C@H](C(C)C)NC(=O)[C@H](Cc2ccccc2)N(C)C(=O)[C@H](Cc2cnc[nH]2)NC1=O. The number of aromatic nitrogens is 3. The van der Waals surface area contributed by atoms with Crippen molar-refractivity contribution in [2.75, 3.05) is 25.1 Å². The van der Waals surface area contributed by atoms with E-state index < -0.39 is 172 Å². The fourth-order valence-corrected chi connectivity index (χ4v) is 15.2. The molecule has 0 aliphatic carbocycles. The maximum atomic E-state index is 15.3. The number of nitrogens with zero attached hydrogens (tertiary/aromatic N) is 3. The molecule has 12 amide bonds. The first-order chi connectivity index (χ1) is 54.5. The summed E-state index contributed by atoms with van der Waals surface area (Å²) in [5, 5.41) is 29.4. The van der Waals surface area contributed by atoms with Gasteiger partial charge in [-0.25, -0.2) is 4.98 Å². The maximum Gasteiger partial charge on any atom is 0.245 e. The molecule has 4 heterocycles. The van der Waals surface area contributed by atoms with Crippen molar-refractivity contribution in [1.82, 2.24) is 77.9 Å². The van der Waals surface area contributed by atoms with Crippen molar-refractivity contribution in [2.45, 2.75) is 221 Å². The standard InChI is InChI=1S/C86H117N15O13S/c1-48(2)37-62-76(105)94-66(42-59-44-87-47-89-59)84(113)100(15)69(40-54-25-18-16-19-26-54)80(109)99-73(52(9)10)82(111)95-65(38-49(3)4)85(114)101-36-24-31-68(101)79(108)92-63(39-55-32-34-57(35-33-55)56-27-20-17-21-28-56)77(106)97-71(50(5)6)81(110)93-64(41-58-43-88-61-30-23-22-29-60(58)61)78(107)98-72(51(7)8)83(112)96-67(74(103)86(12,13)14)45-115-46-70(102)90-53(11)75(104)91-62/h16-23,25-30,32-35,43-44,47-53,62-69,71-73,88H,24,31,36-42,45-46H2,1-15H3,(H,87,89)(H,90,102)(H,91,104)(H,92,108)(H,93,110)(H,94,105)(H,95,111)(H,96,112)(H,97,106)(H,98,107)(H,99,109)/t53-,62-,63-,64-,65-,66-,67-,68-,69-,71-,72-,73-/m0/s1. The van der Waals surface area contributed by atoms with Gasteiger partial charge in [-0.1, -0.05) is 193 Å². The molecule has 0 saturated carbocycles. The Morgan fingerprint density at radius 1 is 0.496 bits per heavy atom. The number of aromatic amines is 2. The van der Waals surface area contributed by atoms with Crippen molar-refractivity contribution < 1.29 is 62.3 Å². The van der Waals surface area contributed by atoms with Gasteiger partial charge in [0.1, 0.15) is 66.5 Å². The first kappa shape index (κ1) is 89.8. The van der Waals surface area contributed by atoms with E-state index in [1.165, 1.54) is 36.3 Å². The number of carbonyl (C=O) groups is 13. The van der Waals surface area contributed by atoms with E-state index in [1.807, 2.05) is 107 Å². The smallest absolute Gasteiger partial charge is 0.245 e. The van der Waals surface area contributed by atoms with Gasteiger partial charge in [-0.2, -0.15) is 0 Å². The third-order valence-electron chi connectivity index (χ3n) is 20.8. The molecule has 0 unspecified atom stereocenters. The van der Waals surface area contributed by atoms with Crippen molar-refractivity contribution in [3.63, 3.8) is 0 Å². The number of rotatable bonds is 17. The lowest BCUT2D eigenvalue weighted by molar-refractivity contribution is -0.144. The fourth-order valence-electron chi connectivity index (χ4n) is 14.3. The monoisotopic (exact) mass is 1600 g/mol. The van der Waals surface area contributed by atoms with Crippen molar-refractivity contribution in [2.24, 2.45) is 35.0 Å². The lowest BCUT2D eigenvalue weighted by Crippen LogP contribution is -2.62. The normalized spacial score (nSPS) is 24.2. The number of hydrogen-bond donors (Lipinski definition) is 12. The fraction of sp³-hybridized carbons (Fsp3) is 0.512. The van der Waals surface area contributed by atoms with Gasteiger partial charge in [-0.15, -0.1) is 11.8 Å². The Bertz CT molecular complexity index is 4350. The first-order valence-corrected chi connectivity index (χ1v) is 41.1. The number of carbonyl (C=O) groups excluding carboxylic acids is 13. The van der Waals surface area contributed by atoms with Crippen molar-refractivity contribution >= 4 is 99.3 Å². The highest BCUT2D eigenvalue weighted by molar-refractivity contribution is 8.00. The summed E-state index contributed by atoms with van der Waals surface area (Å²) in [6.07, 6.45) is 4.87. The van der Waals surface area contributed by atoms with E-state index in [2.05, 4.69) is 68.1 Å². The molecule has 2 fully saturated rings. The van der Waals surface area contributed by atoms with Gasteiger partial charge in [-0.3, -0.25) is 62.3 Å². The minimum atomic E-state index is -1.41. The number of para-hydroxylation sites is 1. The van der Waals surface area contributed by atoms with Crippen LogP contribution in [-0.2, 0) is 88.0 Å². The summed E-state index contributed by atoms with van der Waals surface area (Å²) in [7, 11) is 1.41. The molecule has 12 N–H and O–H groups in total. The number of hydrogen-bond acceptors (Lipinski definition) is 15. The number of likely N-dealkylation sites (N-methyl/N-ethyl adjacent to an activating group) is 1. The Morgan fingerprint density at radius 3 is 1.58 bits per heavy atom. The van der Waals surface area contributed by atoms with E-state index in [9.17, 15) is 24.0 Å². The molecule has 28 nitrogen and oxygen atoms in total. The quantitative estimate of drug-likeness (QED) is 0.0503. The third kappa shape index (κ3) is 25.4. The molecule has 115 heavy (non-hydrogen) atoms. The predicted molar refractivity (Wildman–Crippen MR) is 442 cm³/mol. The molecule has 8 rings (SSSR count). The van der Waals surface area contributed by atoms with Crippen LogP contribution in [0.4, 0.5) is 0 Å². The summed E-state index contributed by atoms with van der Waals surface area (Å²) in [6, 6.07) is 17.7. The van der Waals surface area contributed by atoms with Gasteiger partial charge in [0.05, 0.1) is 18.1 Å². The van der Waals surface area contributed by atoms with Gasteiger partial charge >= 0.3 is 0 Å². The number of benzene rings is 4. The van der Waals surface area contributed by atoms with Crippen LogP contribution in [0.2, 0.25) is 0 Å². The maximum absolute atomic E-state index is 15.3. The van der Waals surface area contributed by atoms with Crippen LogP contribution in [0.25, 0.3) is 22.0 Å². The van der Waals surface area contributed by atoms with Crippen LogP contribution in [0.3, 0.4) is 0 Å². The summed E-state index contributed by atoms with van der Waals surface area (Å²) < 4.78 is 0. The Labute approximate surface area is 678 Å². The zero-order valence-corrected chi connectivity index (χ0v) is 69.6. The Kier molecular flexibility index (Phi) is 32.5.